The molecule has 3 rings (SSSR count). The first-order valence-electron chi connectivity index (χ1n) is 9.21. The number of methoxy groups -OCH3 is 1. The van der Waals surface area contributed by atoms with Crippen LogP contribution in [0, 0.1) is 6.92 Å². The monoisotopic (exact) mass is 393 g/mol. The third-order valence-corrected chi connectivity index (χ3v) is 4.18. The van der Waals surface area contributed by atoms with Crippen LogP contribution in [0.1, 0.15) is 11.4 Å². The molecule has 0 aliphatic heterocycles. The molecule has 0 atom stereocenters. The lowest BCUT2D eigenvalue weighted by Crippen LogP contribution is -2.10. The van der Waals surface area contributed by atoms with Gasteiger partial charge in [-0.15, -0.1) is 0 Å². The van der Waals surface area contributed by atoms with Crippen molar-refractivity contribution >= 4 is 11.8 Å². The van der Waals surface area contributed by atoms with Gasteiger partial charge in [-0.1, -0.05) is 24.3 Å². The molecule has 0 aliphatic rings. The zero-order valence-electron chi connectivity index (χ0n) is 16.4. The molecule has 2 N–H and O–H groups in total. The number of aliphatic carboxylic acids is 1. The molecule has 7 nitrogen and oxygen atoms in total. The van der Waals surface area contributed by atoms with Crippen LogP contribution in [0.3, 0.4) is 0 Å². The molecule has 0 spiro atoms. The molecule has 0 amide bonds. The number of anilines is 1. The Morgan fingerprint density at radius 2 is 1.86 bits per heavy atom. The third kappa shape index (κ3) is 5.93. The Morgan fingerprint density at radius 1 is 1.07 bits per heavy atom. The molecule has 1 heterocycles. The number of benzene rings is 2. The van der Waals surface area contributed by atoms with Gasteiger partial charge in [0.15, 0.2) is 6.61 Å². The summed E-state index contributed by atoms with van der Waals surface area (Å²) >= 11 is 0. The minimum Gasteiger partial charge on any atom is -0.497 e. The number of carboxylic acids is 1. The second kappa shape index (κ2) is 9.54. The summed E-state index contributed by atoms with van der Waals surface area (Å²) in [4.78, 5) is 19.6. The molecule has 0 bridgehead atoms. The largest absolute Gasteiger partial charge is 0.497 e. The van der Waals surface area contributed by atoms with E-state index in [1.165, 1.54) is 0 Å². The first-order valence-corrected chi connectivity index (χ1v) is 9.21. The number of nitrogens with one attached hydrogen (secondary N) is 1. The van der Waals surface area contributed by atoms with Crippen LogP contribution >= 0.6 is 0 Å². The number of hydrogen-bond donors (Lipinski definition) is 2. The molecule has 0 saturated heterocycles. The summed E-state index contributed by atoms with van der Waals surface area (Å²) in [6.07, 6.45) is 0.738. The maximum atomic E-state index is 10.6. The van der Waals surface area contributed by atoms with Crippen molar-refractivity contribution in [1.82, 2.24) is 9.97 Å². The molecule has 0 aliphatic carbocycles. The molecule has 1 aromatic heterocycles. The molecular weight excluding hydrogens is 370 g/mol. The van der Waals surface area contributed by atoms with Gasteiger partial charge in [-0.05, 0) is 43.2 Å². The lowest BCUT2D eigenvalue weighted by atomic mass is 10.1. The molecular formula is C22H23N3O4. The van der Waals surface area contributed by atoms with Crippen LogP contribution in [0.4, 0.5) is 5.82 Å². The summed E-state index contributed by atoms with van der Waals surface area (Å²) in [5, 5.41) is 12.0. The second-order valence-corrected chi connectivity index (χ2v) is 6.42. The zero-order valence-corrected chi connectivity index (χ0v) is 16.4. The predicted molar refractivity (Wildman–Crippen MR) is 111 cm³/mol. The number of ether oxygens (including phenoxy) is 2. The highest BCUT2D eigenvalue weighted by Gasteiger charge is 2.06. The van der Waals surface area contributed by atoms with E-state index >= 15 is 0 Å². The van der Waals surface area contributed by atoms with Crippen LogP contribution < -0.4 is 14.8 Å². The Hall–Kier alpha value is -3.61. The fraction of sp³-hybridized carbons (Fsp3) is 0.227. The Balaban J connectivity index is 1.64. The van der Waals surface area contributed by atoms with Crippen molar-refractivity contribution in [2.45, 2.75) is 13.3 Å². The normalized spacial score (nSPS) is 10.4. The van der Waals surface area contributed by atoms with Crippen molar-refractivity contribution in [3.8, 4) is 22.8 Å². The molecule has 3 aromatic rings. The van der Waals surface area contributed by atoms with Gasteiger partial charge in [0.1, 0.15) is 23.1 Å². The summed E-state index contributed by atoms with van der Waals surface area (Å²) in [6.45, 7) is 2.17. The molecule has 0 radical (unpaired) electrons. The van der Waals surface area contributed by atoms with Crippen LogP contribution in [-0.2, 0) is 11.2 Å². The second-order valence-electron chi connectivity index (χ2n) is 6.42. The highest BCUT2D eigenvalue weighted by molar-refractivity contribution is 5.68. The van der Waals surface area contributed by atoms with E-state index in [1.54, 1.807) is 13.2 Å². The smallest absolute Gasteiger partial charge is 0.341 e. The topological polar surface area (TPSA) is 93.6 Å². The van der Waals surface area contributed by atoms with E-state index in [0.717, 1.165) is 34.8 Å². The van der Waals surface area contributed by atoms with E-state index in [0.29, 0.717) is 18.1 Å². The maximum absolute atomic E-state index is 10.6. The van der Waals surface area contributed by atoms with Crippen molar-refractivity contribution < 1.29 is 19.4 Å². The first kappa shape index (κ1) is 20.1. The van der Waals surface area contributed by atoms with Gasteiger partial charge in [-0.2, -0.15) is 0 Å². The van der Waals surface area contributed by atoms with Gasteiger partial charge in [-0.25, -0.2) is 14.8 Å². The lowest BCUT2D eigenvalue weighted by molar-refractivity contribution is -0.139. The number of aromatic nitrogens is 2. The summed E-state index contributed by atoms with van der Waals surface area (Å²) < 4.78 is 10.5. The fourth-order valence-electron chi connectivity index (χ4n) is 2.86. The van der Waals surface area contributed by atoms with E-state index in [2.05, 4.69) is 15.3 Å². The van der Waals surface area contributed by atoms with Crippen molar-refractivity contribution in [3.05, 3.63) is 66.0 Å². The number of carboxylic acid groups (broad SMARTS) is 1. The third-order valence-electron chi connectivity index (χ3n) is 4.18. The average molecular weight is 393 g/mol. The van der Waals surface area contributed by atoms with Gasteiger partial charge in [0.2, 0.25) is 0 Å². The number of hydrogen-bond acceptors (Lipinski definition) is 6. The lowest BCUT2D eigenvalue weighted by Gasteiger charge is -2.10. The van der Waals surface area contributed by atoms with Gasteiger partial charge in [0, 0.05) is 18.2 Å². The molecule has 7 heteroatoms. The van der Waals surface area contributed by atoms with Gasteiger partial charge >= 0.3 is 5.97 Å². The summed E-state index contributed by atoms with van der Waals surface area (Å²) in [7, 11) is 1.64. The van der Waals surface area contributed by atoms with E-state index in [4.69, 9.17) is 14.6 Å². The van der Waals surface area contributed by atoms with Crippen LogP contribution in [0.2, 0.25) is 0 Å². The Kier molecular flexibility index (Phi) is 6.63. The predicted octanol–water partition coefficient (Wildman–Crippen LogP) is 3.58. The van der Waals surface area contributed by atoms with Crippen LogP contribution in [-0.4, -0.2) is 41.3 Å². The van der Waals surface area contributed by atoms with E-state index in [9.17, 15) is 4.79 Å². The first-order chi connectivity index (χ1) is 14.0. The molecule has 0 fully saturated rings. The van der Waals surface area contributed by atoms with Crippen molar-refractivity contribution in [2.75, 3.05) is 25.6 Å². The van der Waals surface area contributed by atoms with Crippen molar-refractivity contribution in [1.29, 1.82) is 0 Å². The van der Waals surface area contributed by atoms with Crippen LogP contribution in [0.5, 0.6) is 11.5 Å². The van der Waals surface area contributed by atoms with Gasteiger partial charge in [-0.3, -0.25) is 0 Å². The summed E-state index contributed by atoms with van der Waals surface area (Å²) in [6, 6.07) is 17.1. The Bertz CT molecular complexity index is 991. The number of carbonyl (C=O) groups is 1. The van der Waals surface area contributed by atoms with E-state index < -0.39 is 5.97 Å². The summed E-state index contributed by atoms with van der Waals surface area (Å²) in [5.74, 6) is 1.75. The minimum absolute atomic E-state index is 0.352. The SMILES string of the molecule is COc1cccc(-c2cc(NCCc3cccc(OCC(=O)O)c3)nc(C)n2)c1. The molecule has 0 saturated carbocycles. The fourth-order valence-corrected chi connectivity index (χ4v) is 2.86. The maximum Gasteiger partial charge on any atom is 0.341 e. The molecule has 150 valence electrons. The molecule has 29 heavy (non-hydrogen) atoms. The highest BCUT2D eigenvalue weighted by Crippen LogP contribution is 2.24. The van der Waals surface area contributed by atoms with E-state index in [1.807, 2.05) is 55.5 Å². The number of aryl methyl sites for hydroxylation is 1. The molecule has 2 aromatic carbocycles. The minimum atomic E-state index is -0.997. The van der Waals surface area contributed by atoms with Crippen molar-refractivity contribution in [3.63, 3.8) is 0 Å². The van der Waals surface area contributed by atoms with Gasteiger partial charge in [0.25, 0.3) is 0 Å². The number of nitrogens with zero attached hydrogens (tertiary/aromatic N) is 2. The highest BCUT2D eigenvalue weighted by atomic mass is 16.5. The molecule has 0 unspecified atom stereocenters. The summed E-state index contributed by atoms with van der Waals surface area (Å²) in [5.41, 5.74) is 2.82. The number of rotatable bonds is 9. The van der Waals surface area contributed by atoms with E-state index in [-0.39, 0.29) is 6.61 Å². The Labute approximate surface area is 169 Å². The van der Waals surface area contributed by atoms with Crippen molar-refractivity contribution in [2.24, 2.45) is 0 Å². The van der Waals surface area contributed by atoms with Gasteiger partial charge in [0.05, 0.1) is 12.8 Å². The quantitative estimate of drug-likeness (QED) is 0.574. The van der Waals surface area contributed by atoms with Crippen LogP contribution in [0.25, 0.3) is 11.3 Å². The standard InChI is InChI=1S/C22H23N3O4/c1-15-24-20(17-6-4-7-18(12-17)28-2)13-21(25-15)23-10-9-16-5-3-8-19(11-16)29-14-22(26)27/h3-8,11-13H,9-10,14H2,1-2H3,(H,26,27)(H,23,24,25). The van der Waals surface area contributed by atoms with Gasteiger partial charge < -0.3 is 19.9 Å². The average Bonchev–Trinajstić information content (AvgIpc) is 2.72. The Morgan fingerprint density at radius 3 is 2.66 bits per heavy atom. The van der Waals surface area contributed by atoms with Crippen LogP contribution in [0.15, 0.2) is 54.6 Å². The zero-order chi connectivity index (χ0) is 20.6.